The lowest BCUT2D eigenvalue weighted by Gasteiger charge is -2.31. The number of nitrogens with zero attached hydrogens (tertiary/aromatic N) is 4. The number of hydrogen-bond donors (Lipinski definition) is 0. The number of benzene rings is 1. The van der Waals surface area contributed by atoms with Gasteiger partial charge < -0.3 is 9.64 Å². The van der Waals surface area contributed by atoms with Crippen LogP contribution < -0.4 is 4.74 Å². The normalized spacial score (nSPS) is 23.9. The summed E-state index contributed by atoms with van der Waals surface area (Å²) in [5.74, 6) is 1.25. The summed E-state index contributed by atoms with van der Waals surface area (Å²) in [6.07, 6.45) is 2.76. The molecule has 2 aromatic rings. The molecule has 0 amide bonds. The molecule has 1 aromatic carbocycles. The molecule has 2 aliphatic heterocycles. The van der Waals surface area contributed by atoms with Gasteiger partial charge in [-0.05, 0) is 30.2 Å². The largest absolute Gasteiger partial charge is 0.490 e. The number of hydrogen-bond acceptors (Lipinski definition) is 7. The molecule has 27 heavy (non-hydrogen) atoms. The van der Waals surface area contributed by atoms with Crippen LogP contribution in [0.1, 0.15) is 36.7 Å². The third kappa shape index (κ3) is 3.03. The second-order valence-corrected chi connectivity index (χ2v) is 7.51. The Morgan fingerprint density at radius 2 is 2.22 bits per heavy atom. The van der Waals surface area contributed by atoms with Crippen LogP contribution >= 0.6 is 11.8 Å². The van der Waals surface area contributed by atoms with Gasteiger partial charge in [-0.2, -0.15) is 0 Å². The number of rotatable bonds is 5. The van der Waals surface area contributed by atoms with Crippen LogP contribution in [0.15, 0.2) is 47.6 Å². The zero-order chi connectivity index (χ0) is 19.0. The second kappa shape index (κ2) is 7.19. The molecule has 1 aromatic heterocycles. The summed E-state index contributed by atoms with van der Waals surface area (Å²) in [6.45, 7) is 2.16. The first-order chi connectivity index (χ1) is 13.1. The topological polar surface area (TPSA) is 80.9 Å². The van der Waals surface area contributed by atoms with Crippen LogP contribution in [0, 0.1) is 10.1 Å². The van der Waals surface area contributed by atoms with Crippen molar-refractivity contribution in [1.82, 2.24) is 9.88 Å². The minimum atomic E-state index is -0.398. The fourth-order valence-corrected chi connectivity index (χ4v) is 5.08. The molecular formula is C19H20N4O3S. The number of amidine groups is 1. The van der Waals surface area contributed by atoms with Gasteiger partial charge >= 0.3 is 5.69 Å². The molecule has 0 radical (unpaired) electrons. The number of fused-ring (bicyclic) bond motifs is 1. The Bertz CT molecular complexity index is 890. The van der Waals surface area contributed by atoms with Gasteiger partial charge in [0.05, 0.1) is 23.8 Å². The first-order valence-corrected chi connectivity index (χ1v) is 9.84. The van der Waals surface area contributed by atoms with E-state index in [2.05, 4.69) is 16.8 Å². The van der Waals surface area contributed by atoms with Crippen molar-refractivity contribution < 1.29 is 9.66 Å². The van der Waals surface area contributed by atoms with E-state index in [9.17, 15) is 10.1 Å². The number of aliphatic imine (C=N–C) groups is 1. The minimum absolute atomic E-state index is 0.0249. The summed E-state index contributed by atoms with van der Waals surface area (Å²) >= 11 is 1.75. The van der Waals surface area contributed by atoms with E-state index in [4.69, 9.17) is 9.73 Å². The number of ether oxygens (including phenoxy) is 1. The average molecular weight is 384 g/mol. The number of methoxy groups -OCH3 is 1. The van der Waals surface area contributed by atoms with E-state index in [0.717, 1.165) is 28.6 Å². The van der Waals surface area contributed by atoms with Crippen LogP contribution in [0.25, 0.3) is 0 Å². The summed E-state index contributed by atoms with van der Waals surface area (Å²) in [5, 5.41) is 12.5. The first-order valence-electron chi connectivity index (χ1n) is 8.86. The molecule has 0 spiro atoms. The summed E-state index contributed by atoms with van der Waals surface area (Å²) in [4.78, 5) is 22.9. The van der Waals surface area contributed by atoms with E-state index in [-0.39, 0.29) is 23.5 Å². The van der Waals surface area contributed by atoms with Crippen molar-refractivity contribution in [3.05, 3.63) is 64.0 Å². The predicted molar refractivity (Wildman–Crippen MR) is 105 cm³/mol. The first kappa shape index (κ1) is 17.8. The summed E-state index contributed by atoms with van der Waals surface area (Å²) in [6, 6.07) is 11.0. The van der Waals surface area contributed by atoms with Crippen molar-refractivity contribution in [1.29, 1.82) is 0 Å². The van der Waals surface area contributed by atoms with Crippen LogP contribution in [-0.2, 0) is 0 Å². The zero-order valence-electron chi connectivity index (χ0n) is 15.1. The highest BCUT2D eigenvalue weighted by atomic mass is 32.2. The van der Waals surface area contributed by atoms with Crippen molar-refractivity contribution in [3.8, 4) is 5.75 Å². The molecule has 8 heteroatoms. The number of nitro groups is 1. The lowest BCUT2D eigenvalue weighted by molar-refractivity contribution is -0.385. The SMILES string of the molecule is CC[C@@H]1CSC2=N[C@H](c3ccccn3)[C@@H](c3ccc(OC)c([N+](=O)[O-])c3)N21. The summed E-state index contributed by atoms with van der Waals surface area (Å²) in [5.41, 5.74) is 1.71. The van der Waals surface area contributed by atoms with Crippen molar-refractivity contribution in [2.75, 3.05) is 12.9 Å². The van der Waals surface area contributed by atoms with E-state index in [0.29, 0.717) is 6.04 Å². The highest BCUT2D eigenvalue weighted by Crippen LogP contribution is 2.49. The van der Waals surface area contributed by atoms with Crippen molar-refractivity contribution >= 4 is 22.6 Å². The molecule has 4 rings (SSSR count). The third-order valence-electron chi connectivity index (χ3n) is 5.07. The lowest BCUT2D eigenvalue weighted by Crippen LogP contribution is -2.35. The summed E-state index contributed by atoms with van der Waals surface area (Å²) in [7, 11) is 1.44. The Balaban J connectivity index is 1.82. The molecule has 0 aliphatic carbocycles. The molecular weight excluding hydrogens is 364 g/mol. The molecule has 3 atom stereocenters. The lowest BCUT2D eigenvalue weighted by atomic mass is 9.94. The fourth-order valence-electron chi connectivity index (χ4n) is 3.74. The van der Waals surface area contributed by atoms with Crippen molar-refractivity contribution in [3.63, 3.8) is 0 Å². The maximum Gasteiger partial charge on any atom is 0.311 e. The van der Waals surface area contributed by atoms with Gasteiger partial charge in [0, 0.05) is 24.1 Å². The van der Waals surface area contributed by atoms with Crippen molar-refractivity contribution in [2.24, 2.45) is 4.99 Å². The van der Waals surface area contributed by atoms with Gasteiger partial charge in [0.25, 0.3) is 0 Å². The highest BCUT2D eigenvalue weighted by molar-refractivity contribution is 8.14. The Labute approximate surface area is 161 Å². The zero-order valence-corrected chi connectivity index (χ0v) is 15.9. The van der Waals surface area contributed by atoms with Gasteiger partial charge in [0.1, 0.15) is 6.04 Å². The van der Waals surface area contributed by atoms with E-state index in [1.807, 2.05) is 24.3 Å². The molecule has 0 saturated carbocycles. The molecule has 1 saturated heterocycles. The van der Waals surface area contributed by atoms with E-state index >= 15 is 0 Å². The van der Waals surface area contributed by atoms with Crippen LogP contribution in [0.3, 0.4) is 0 Å². The van der Waals surface area contributed by atoms with Gasteiger partial charge in [-0.3, -0.25) is 20.1 Å². The smallest absolute Gasteiger partial charge is 0.311 e. The van der Waals surface area contributed by atoms with Gasteiger partial charge in [-0.25, -0.2) is 0 Å². The van der Waals surface area contributed by atoms with Crippen LogP contribution in [0.5, 0.6) is 5.75 Å². The Morgan fingerprint density at radius 1 is 1.37 bits per heavy atom. The Morgan fingerprint density at radius 3 is 2.89 bits per heavy atom. The maximum atomic E-state index is 11.5. The van der Waals surface area contributed by atoms with Gasteiger partial charge in [-0.15, -0.1) is 0 Å². The molecule has 140 valence electrons. The van der Waals surface area contributed by atoms with E-state index in [1.54, 1.807) is 30.1 Å². The maximum absolute atomic E-state index is 11.5. The highest BCUT2D eigenvalue weighted by Gasteiger charge is 2.45. The van der Waals surface area contributed by atoms with Gasteiger partial charge in [0.15, 0.2) is 10.9 Å². The fraction of sp³-hybridized carbons (Fsp3) is 0.368. The van der Waals surface area contributed by atoms with Crippen LogP contribution in [0.2, 0.25) is 0 Å². The quantitative estimate of drug-likeness (QED) is 0.573. The number of aromatic nitrogens is 1. The second-order valence-electron chi connectivity index (χ2n) is 6.52. The number of nitro benzene ring substituents is 1. The van der Waals surface area contributed by atoms with Gasteiger partial charge in [0.2, 0.25) is 0 Å². The van der Waals surface area contributed by atoms with Gasteiger partial charge in [-0.1, -0.05) is 30.8 Å². The minimum Gasteiger partial charge on any atom is -0.490 e. The monoisotopic (exact) mass is 384 g/mol. The summed E-state index contributed by atoms with van der Waals surface area (Å²) < 4.78 is 5.16. The predicted octanol–water partition coefficient (Wildman–Crippen LogP) is 3.98. The van der Waals surface area contributed by atoms with E-state index in [1.165, 1.54) is 7.11 Å². The molecule has 7 nitrogen and oxygen atoms in total. The molecule has 0 bridgehead atoms. The third-order valence-corrected chi connectivity index (χ3v) is 6.20. The molecule has 0 unspecified atom stereocenters. The van der Waals surface area contributed by atoms with Crippen LogP contribution in [0.4, 0.5) is 5.69 Å². The van der Waals surface area contributed by atoms with Crippen LogP contribution in [-0.4, -0.2) is 38.9 Å². The number of pyridine rings is 1. The van der Waals surface area contributed by atoms with E-state index < -0.39 is 4.92 Å². The van der Waals surface area contributed by atoms with Crippen molar-refractivity contribution in [2.45, 2.75) is 31.5 Å². The Kier molecular flexibility index (Phi) is 4.73. The standard InChI is InChI=1S/C19H20N4O3S/c1-3-13-11-27-19-21-17(14-6-4-5-9-20-14)18(22(13)19)12-7-8-16(26-2)15(10-12)23(24)25/h4-10,13,17-18H,3,11H2,1-2H3/t13-,17-,18-/m1/s1. The Hall–Kier alpha value is -2.61. The molecule has 3 heterocycles. The molecule has 1 fully saturated rings. The average Bonchev–Trinajstić information content (AvgIpc) is 3.27. The molecule has 2 aliphatic rings. The molecule has 0 N–H and O–H groups in total. The number of thioether (sulfide) groups is 1.